The lowest BCUT2D eigenvalue weighted by molar-refractivity contribution is -0.136. The van der Waals surface area contributed by atoms with Crippen LogP contribution < -0.4 is 14.8 Å². The van der Waals surface area contributed by atoms with Gasteiger partial charge in [-0.1, -0.05) is 42.5 Å². The van der Waals surface area contributed by atoms with Crippen molar-refractivity contribution in [3.63, 3.8) is 0 Å². The standard InChI is InChI=1S/C30H26FNO5/c1-4-36-24-15-19(12-13-23(24)37-16-18-8-7-9-20(31)14-18)26-25(30(34)35-3)17(2)32-28-21-10-5-6-11-22(21)29(33)27(26)28/h5-15,26,32H,4,16H2,1-3H3/t26-/m1/s1. The minimum Gasteiger partial charge on any atom is -0.490 e. The number of ketones is 1. The summed E-state index contributed by atoms with van der Waals surface area (Å²) in [5.41, 5.74) is 4.92. The molecule has 3 aromatic carbocycles. The Kier molecular flexibility index (Phi) is 6.53. The molecule has 1 atom stereocenters. The van der Waals surface area contributed by atoms with E-state index in [1.807, 2.05) is 31.2 Å². The van der Waals surface area contributed by atoms with E-state index in [1.165, 1.54) is 19.2 Å². The smallest absolute Gasteiger partial charge is 0.336 e. The van der Waals surface area contributed by atoms with Gasteiger partial charge >= 0.3 is 5.97 Å². The third kappa shape index (κ3) is 4.37. The highest BCUT2D eigenvalue weighted by Gasteiger charge is 2.43. The van der Waals surface area contributed by atoms with E-state index in [1.54, 1.807) is 37.3 Å². The predicted octanol–water partition coefficient (Wildman–Crippen LogP) is 5.54. The Morgan fingerprint density at radius 2 is 1.76 bits per heavy atom. The van der Waals surface area contributed by atoms with Crippen molar-refractivity contribution < 1.29 is 28.2 Å². The van der Waals surface area contributed by atoms with Crippen molar-refractivity contribution in [2.24, 2.45) is 0 Å². The molecule has 37 heavy (non-hydrogen) atoms. The molecule has 0 spiro atoms. The molecule has 0 saturated carbocycles. The molecule has 2 aliphatic rings. The van der Waals surface area contributed by atoms with Crippen molar-refractivity contribution in [3.05, 3.63) is 112 Å². The average Bonchev–Trinajstić information content (AvgIpc) is 3.18. The van der Waals surface area contributed by atoms with Crippen LogP contribution in [0.2, 0.25) is 0 Å². The SMILES string of the molecule is CCOc1cc([C@@H]2C(C(=O)OC)=C(C)NC3=C2C(=O)c2ccccc23)ccc1OCc1cccc(F)c1. The molecular weight excluding hydrogens is 473 g/mol. The van der Waals surface area contributed by atoms with Crippen LogP contribution in [-0.2, 0) is 16.1 Å². The molecule has 7 heteroatoms. The summed E-state index contributed by atoms with van der Waals surface area (Å²) in [6, 6.07) is 18.9. The number of Topliss-reactive ketones (excluding diaryl/α,β-unsaturated/α-hetero) is 1. The van der Waals surface area contributed by atoms with Gasteiger partial charge in [0.1, 0.15) is 12.4 Å². The quantitative estimate of drug-likeness (QED) is 0.430. The summed E-state index contributed by atoms with van der Waals surface area (Å²) in [4.78, 5) is 26.5. The van der Waals surface area contributed by atoms with E-state index in [0.29, 0.717) is 57.3 Å². The largest absolute Gasteiger partial charge is 0.490 e. The van der Waals surface area contributed by atoms with Gasteiger partial charge in [-0.25, -0.2) is 9.18 Å². The van der Waals surface area contributed by atoms with Crippen LogP contribution in [0, 0.1) is 5.82 Å². The summed E-state index contributed by atoms with van der Waals surface area (Å²) < 4.78 is 30.5. The molecular formula is C30H26FNO5. The topological polar surface area (TPSA) is 73.9 Å². The second-order valence-corrected chi connectivity index (χ2v) is 8.81. The van der Waals surface area contributed by atoms with Crippen LogP contribution in [0.25, 0.3) is 5.70 Å². The first kappa shape index (κ1) is 24.3. The van der Waals surface area contributed by atoms with Crippen molar-refractivity contribution in [2.45, 2.75) is 26.4 Å². The number of benzene rings is 3. The Morgan fingerprint density at radius 1 is 0.973 bits per heavy atom. The van der Waals surface area contributed by atoms with Crippen LogP contribution in [0.3, 0.4) is 0 Å². The normalized spacial score (nSPS) is 16.2. The highest BCUT2D eigenvalue weighted by Crippen LogP contribution is 2.48. The van der Waals surface area contributed by atoms with Gasteiger partial charge in [0, 0.05) is 28.3 Å². The molecule has 0 radical (unpaired) electrons. The third-order valence-electron chi connectivity index (χ3n) is 6.54. The number of esters is 1. The fourth-order valence-corrected chi connectivity index (χ4v) is 4.92. The maximum Gasteiger partial charge on any atom is 0.336 e. The van der Waals surface area contributed by atoms with Crippen molar-refractivity contribution in [2.75, 3.05) is 13.7 Å². The molecule has 0 bridgehead atoms. The molecule has 0 amide bonds. The average molecular weight is 500 g/mol. The number of halogens is 1. The number of methoxy groups -OCH3 is 1. The zero-order valence-corrected chi connectivity index (χ0v) is 20.8. The van der Waals surface area contributed by atoms with E-state index in [0.717, 1.165) is 5.56 Å². The van der Waals surface area contributed by atoms with Gasteiger partial charge in [0.05, 0.1) is 25.0 Å². The van der Waals surface area contributed by atoms with Gasteiger partial charge in [0.2, 0.25) is 0 Å². The Labute approximate surface area is 214 Å². The molecule has 188 valence electrons. The van der Waals surface area contributed by atoms with Crippen LogP contribution in [-0.4, -0.2) is 25.5 Å². The monoisotopic (exact) mass is 499 g/mol. The number of fused-ring (bicyclic) bond motifs is 2. The fourth-order valence-electron chi connectivity index (χ4n) is 4.92. The van der Waals surface area contributed by atoms with E-state index in [2.05, 4.69) is 5.32 Å². The van der Waals surface area contributed by atoms with Crippen LogP contribution in [0.4, 0.5) is 4.39 Å². The van der Waals surface area contributed by atoms with Gasteiger partial charge < -0.3 is 19.5 Å². The van der Waals surface area contributed by atoms with E-state index in [4.69, 9.17) is 14.2 Å². The molecule has 0 aromatic heterocycles. The first-order chi connectivity index (χ1) is 17.9. The van der Waals surface area contributed by atoms with Gasteiger partial charge in [-0.15, -0.1) is 0 Å². The van der Waals surface area contributed by atoms with Gasteiger partial charge in [-0.05, 0) is 49.2 Å². The minimum atomic E-state index is -0.667. The number of carbonyl (C=O) groups is 2. The van der Waals surface area contributed by atoms with E-state index in [9.17, 15) is 14.0 Å². The van der Waals surface area contributed by atoms with Gasteiger partial charge in [-0.2, -0.15) is 0 Å². The van der Waals surface area contributed by atoms with Crippen LogP contribution in [0.1, 0.15) is 46.8 Å². The van der Waals surface area contributed by atoms with Crippen LogP contribution in [0.5, 0.6) is 11.5 Å². The number of allylic oxidation sites excluding steroid dienone is 2. The lowest BCUT2D eigenvalue weighted by atomic mass is 9.79. The number of rotatable bonds is 7. The van der Waals surface area contributed by atoms with Crippen molar-refractivity contribution >= 4 is 17.4 Å². The highest BCUT2D eigenvalue weighted by atomic mass is 19.1. The second kappa shape index (κ2) is 9.93. The van der Waals surface area contributed by atoms with Crippen molar-refractivity contribution in [1.29, 1.82) is 0 Å². The van der Waals surface area contributed by atoms with E-state index >= 15 is 0 Å². The lowest BCUT2D eigenvalue weighted by Gasteiger charge is -2.29. The van der Waals surface area contributed by atoms with Crippen LogP contribution in [0.15, 0.2) is 83.6 Å². The maximum atomic E-state index is 13.6. The molecule has 0 saturated heterocycles. The third-order valence-corrected chi connectivity index (χ3v) is 6.54. The fraction of sp³-hybridized carbons (Fsp3) is 0.200. The summed E-state index contributed by atoms with van der Waals surface area (Å²) >= 11 is 0. The Balaban J connectivity index is 1.58. The zero-order valence-electron chi connectivity index (χ0n) is 20.8. The molecule has 1 aliphatic heterocycles. The van der Waals surface area contributed by atoms with Gasteiger partial charge in [0.25, 0.3) is 0 Å². The van der Waals surface area contributed by atoms with Crippen LogP contribution >= 0.6 is 0 Å². The van der Waals surface area contributed by atoms with E-state index in [-0.39, 0.29) is 18.2 Å². The van der Waals surface area contributed by atoms with Gasteiger partial charge in [0.15, 0.2) is 17.3 Å². The lowest BCUT2D eigenvalue weighted by Crippen LogP contribution is -2.29. The zero-order chi connectivity index (χ0) is 26.1. The molecule has 5 rings (SSSR count). The van der Waals surface area contributed by atoms with Crippen molar-refractivity contribution in [1.82, 2.24) is 5.32 Å². The number of nitrogens with one attached hydrogen (secondary N) is 1. The Morgan fingerprint density at radius 3 is 2.49 bits per heavy atom. The predicted molar refractivity (Wildman–Crippen MR) is 137 cm³/mol. The summed E-state index contributed by atoms with van der Waals surface area (Å²) in [5.74, 6) is -0.728. The summed E-state index contributed by atoms with van der Waals surface area (Å²) in [6.07, 6.45) is 0. The number of hydrogen-bond acceptors (Lipinski definition) is 6. The highest BCUT2D eigenvalue weighted by molar-refractivity contribution is 6.23. The molecule has 1 heterocycles. The number of carbonyl (C=O) groups excluding carboxylic acids is 2. The number of hydrogen-bond donors (Lipinski definition) is 1. The maximum absolute atomic E-state index is 13.6. The first-order valence-corrected chi connectivity index (χ1v) is 12.0. The Bertz CT molecular complexity index is 1470. The van der Waals surface area contributed by atoms with E-state index < -0.39 is 11.9 Å². The first-order valence-electron chi connectivity index (χ1n) is 12.0. The summed E-state index contributed by atoms with van der Waals surface area (Å²) in [6.45, 7) is 4.19. The summed E-state index contributed by atoms with van der Waals surface area (Å²) in [5, 5.41) is 3.28. The molecule has 6 nitrogen and oxygen atoms in total. The second-order valence-electron chi connectivity index (χ2n) is 8.81. The molecule has 1 aliphatic carbocycles. The van der Waals surface area contributed by atoms with Crippen molar-refractivity contribution in [3.8, 4) is 11.5 Å². The number of dihydropyridines is 1. The molecule has 3 aromatic rings. The van der Waals surface area contributed by atoms with Gasteiger partial charge in [-0.3, -0.25) is 4.79 Å². The molecule has 1 N–H and O–H groups in total. The molecule has 0 fully saturated rings. The number of ether oxygens (including phenoxy) is 3. The molecule has 0 unspecified atom stereocenters. The summed E-state index contributed by atoms with van der Waals surface area (Å²) in [7, 11) is 1.32. The Hall–Kier alpha value is -4.39. The minimum absolute atomic E-state index is 0.138.